The summed E-state index contributed by atoms with van der Waals surface area (Å²) < 4.78 is 33.5. The largest absolute Gasteiger partial charge is 0.483 e. The van der Waals surface area contributed by atoms with Crippen LogP contribution in [0.25, 0.3) is 0 Å². The minimum Gasteiger partial charge on any atom is -0.483 e. The second kappa shape index (κ2) is 9.56. The molecule has 0 aromatic heterocycles. The molecule has 8 nitrogen and oxygen atoms in total. The van der Waals surface area contributed by atoms with Gasteiger partial charge in [0.25, 0.3) is 15.9 Å². The number of hydrogen-bond donors (Lipinski definition) is 2. The van der Waals surface area contributed by atoms with Gasteiger partial charge in [0, 0.05) is 12.2 Å². The number of anilines is 2. The zero-order valence-corrected chi connectivity index (χ0v) is 19.5. The number of nitrogens with two attached hydrogens (primary N) is 1. The van der Waals surface area contributed by atoms with Crippen LogP contribution in [0, 0.1) is 6.92 Å². The van der Waals surface area contributed by atoms with Gasteiger partial charge in [-0.2, -0.15) is 0 Å². The van der Waals surface area contributed by atoms with Crippen LogP contribution in [-0.2, 0) is 32.5 Å². The molecule has 0 fully saturated rings. The predicted molar refractivity (Wildman–Crippen MR) is 129 cm³/mol. The van der Waals surface area contributed by atoms with Gasteiger partial charge in [-0.1, -0.05) is 30.3 Å². The van der Waals surface area contributed by atoms with E-state index in [9.17, 15) is 18.0 Å². The summed E-state index contributed by atoms with van der Waals surface area (Å²) in [5, 5.41) is 2.71. The van der Waals surface area contributed by atoms with Gasteiger partial charge in [-0.25, -0.2) is 8.42 Å². The van der Waals surface area contributed by atoms with Gasteiger partial charge in [-0.3, -0.25) is 13.9 Å². The minimum atomic E-state index is -3.70. The molecule has 0 saturated carbocycles. The Morgan fingerprint density at radius 1 is 1.06 bits per heavy atom. The van der Waals surface area contributed by atoms with Crippen LogP contribution in [0.5, 0.6) is 5.75 Å². The molecule has 2 amide bonds. The lowest BCUT2D eigenvalue weighted by atomic mass is 10.1. The first kappa shape index (κ1) is 23.3. The zero-order valence-electron chi connectivity index (χ0n) is 18.7. The van der Waals surface area contributed by atoms with Crippen LogP contribution in [0.1, 0.15) is 16.7 Å². The maximum Gasteiger partial charge on any atom is 0.264 e. The Hall–Kier alpha value is -3.85. The van der Waals surface area contributed by atoms with E-state index in [2.05, 4.69) is 5.32 Å². The number of ether oxygens (including phenoxy) is 1. The van der Waals surface area contributed by atoms with Crippen molar-refractivity contribution >= 4 is 33.2 Å². The van der Waals surface area contributed by atoms with Crippen LogP contribution in [-0.4, -0.2) is 33.4 Å². The molecule has 176 valence electrons. The van der Waals surface area contributed by atoms with Crippen molar-refractivity contribution in [1.82, 2.24) is 0 Å². The van der Waals surface area contributed by atoms with E-state index in [-0.39, 0.29) is 23.8 Å². The molecule has 3 aromatic carbocycles. The summed E-state index contributed by atoms with van der Waals surface area (Å²) in [4.78, 5) is 23.4. The number of fused-ring (bicyclic) bond motifs is 1. The van der Waals surface area contributed by atoms with Crippen LogP contribution in [0.15, 0.2) is 71.6 Å². The molecule has 0 aliphatic carbocycles. The number of carbonyl (C=O) groups is 2. The average molecular weight is 480 g/mol. The van der Waals surface area contributed by atoms with Gasteiger partial charge in [0.1, 0.15) is 5.75 Å². The number of carbonyl (C=O) groups excluding carboxylic acids is 2. The van der Waals surface area contributed by atoms with Crippen molar-refractivity contribution < 1.29 is 22.7 Å². The summed E-state index contributed by atoms with van der Waals surface area (Å²) in [5.74, 6) is -0.371. The van der Waals surface area contributed by atoms with Crippen LogP contribution >= 0.6 is 0 Å². The standard InChI is InChI=1S/C25H25N3O5S/c1-17-14-21(34(31,32)28-13-12-19-4-2-3-5-22(19)28)10-11-23(17)33-16-25(30)27-20-8-6-18(7-9-20)15-24(26)29/h2-11,14H,12-13,15-16H2,1H3,(H2,26,29)(H,27,30). The van der Waals surface area contributed by atoms with E-state index in [0.29, 0.717) is 35.7 Å². The third-order valence-electron chi connectivity index (χ3n) is 5.55. The molecule has 9 heteroatoms. The van der Waals surface area contributed by atoms with E-state index in [1.807, 2.05) is 24.3 Å². The normalized spacial score (nSPS) is 12.8. The molecular formula is C25H25N3O5S. The zero-order chi connectivity index (χ0) is 24.3. The maximum atomic E-state index is 13.2. The Kier molecular flexibility index (Phi) is 6.56. The molecule has 3 aromatic rings. The third-order valence-corrected chi connectivity index (χ3v) is 7.36. The van der Waals surface area contributed by atoms with E-state index < -0.39 is 15.9 Å². The first-order chi connectivity index (χ1) is 16.2. The molecule has 4 rings (SSSR count). The van der Waals surface area contributed by atoms with Crippen LogP contribution in [0.3, 0.4) is 0 Å². The van der Waals surface area contributed by atoms with Crippen molar-refractivity contribution in [3.8, 4) is 5.75 Å². The molecule has 34 heavy (non-hydrogen) atoms. The Balaban J connectivity index is 1.39. The van der Waals surface area contributed by atoms with E-state index in [0.717, 1.165) is 11.1 Å². The molecule has 0 saturated heterocycles. The van der Waals surface area contributed by atoms with Gasteiger partial charge in [0.15, 0.2) is 6.61 Å². The smallest absolute Gasteiger partial charge is 0.264 e. The van der Waals surface area contributed by atoms with Gasteiger partial charge in [0.2, 0.25) is 5.91 Å². The third kappa shape index (κ3) is 5.04. The summed E-state index contributed by atoms with van der Waals surface area (Å²) in [6.45, 7) is 1.90. The first-order valence-corrected chi connectivity index (χ1v) is 12.2. The van der Waals surface area contributed by atoms with Crippen molar-refractivity contribution in [2.75, 3.05) is 22.8 Å². The minimum absolute atomic E-state index is 0.132. The van der Waals surface area contributed by atoms with E-state index >= 15 is 0 Å². The van der Waals surface area contributed by atoms with Crippen LogP contribution in [0.2, 0.25) is 0 Å². The summed E-state index contributed by atoms with van der Waals surface area (Å²) in [6.07, 6.45) is 0.811. The molecular weight excluding hydrogens is 454 g/mol. The molecule has 0 atom stereocenters. The molecule has 0 radical (unpaired) electrons. The summed E-state index contributed by atoms with van der Waals surface area (Å²) in [7, 11) is -3.70. The van der Waals surface area contributed by atoms with Crippen molar-refractivity contribution in [2.24, 2.45) is 5.73 Å². The molecule has 3 N–H and O–H groups in total. The quantitative estimate of drug-likeness (QED) is 0.515. The van der Waals surface area contributed by atoms with Gasteiger partial charge >= 0.3 is 0 Å². The molecule has 1 aliphatic heterocycles. The number of para-hydroxylation sites is 1. The van der Waals surface area contributed by atoms with Crippen LogP contribution < -0.4 is 20.1 Å². The second-order valence-electron chi connectivity index (χ2n) is 8.06. The van der Waals surface area contributed by atoms with Crippen molar-refractivity contribution in [3.63, 3.8) is 0 Å². The van der Waals surface area contributed by atoms with E-state index in [4.69, 9.17) is 10.5 Å². The highest BCUT2D eigenvalue weighted by molar-refractivity contribution is 7.92. The number of sulfonamides is 1. The highest BCUT2D eigenvalue weighted by Crippen LogP contribution is 2.33. The number of aryl methyl sites for hydroxylation is 1. The topological polar surface area (TPSA) is 119 Å². The lowest BCUT2D eigenvalue weighted by Gasteiger charge is -2.20. The number of benzene rings is 3. The van der Waals surface area contributed by atoms with Crippen molar-refractivity contribution in [1.29, 1.82) is 0 Å². The fraction of sp³-hybridized carbons (Fsp3) is 0.200. The lowest BCUT2D eigenvalue weighted by molar-refractivity contribution is -0.118. The highest BCUT2D eigenvalue weighted by atomic mass is 32.2. The van der Waals surface area contributed by atoms with E-state index in [1.165, 1.54) is 10.4 Å². The van der Waals surface area contributed by atoms with Crippen LogP contribution in [0.4, 0.5) is 11.4 Å². The SMILES string of the molecule is Cc1cc(S(=O)(=O)N2CCc3ccccc32)ccc1OCC(=O)Nc1ccc(CC(N)=O)cc1. The number of nitrogens with zero attached hydrogens (tertiary/aromatic N) is 1. The first-order valence-electron chi connectivity index (χ1n) is 10.8. The van der Waals surface area contributed by atoms with Crippen molar-refractivity contribution in [2.45, 2.75) is 24.7 Å². The molecule has 1 heterocycles. The predicted octanol–water partition coefficient (Wildman–Crippen LogP) is 2.79. The fourth-order valence-corrected chi connectivity index (χ4v) is 5.47. The van der Waals surface area contributed by atoms with Gasteiger partial charge < -0.3 is 15.8 Å². The van der Waals surface area contributed by atoms with Gasteiger partial charge in [0.05, 0.1) is 17.0 Å². The van der Waals surface area contributed by atoms with Crippen molar-refractivity contribution in [3.05, 3.63) is 83.4 Å². The second-order valence-corrected chi connectivity index (χ2v) is 9.92. The Morgan fingerprint density at radius 2 is 1.79 bits per heavy atom. The molecule has 1 aliphatic rings. The maximum absolute atomic E-state index is 13.2. The Morgan fingerprint density at radius 3 is 2.50 bits per heavy atom. The summed E-state index contributed by atoms with van der Waals surface area (Å²) in [5.41, 5.74) is 8.82. The molecule has 0 bridgehead atoms. The summed E-state index contributed by atoms with van der Waals surface area (Å²) in [6, 6.07) is 18.9. The molecule has 0 spiro atoms. The number of nitrogens with one attached hydrogen (secondary N) is 1. The summed E-state index contributed by atoms with van der Waals surface area (Å²) >= 11 is 0. The van der Waals surface area contributed by atoms with Gasteiger partial charge in [-0.05, 0) is 66.4 Å². The number of primary amides is 1. The monoisotopic (exact) mass is 479 g/mol. The van der Waals surface area contributed by atoms with E-state index in [1.54, 1.807) is 43.3 Å². The number of amides is 2. The fourth-order valence-electron chi connectivity index (χ4n) is 3.88. The highest BCUT2D eigenvalue weighted by Gasteiger charge is 2.30. The molecule has 0 unspecified atom stereocenters. The lowest BCUT2D eigenvalue weighted by Crippen LogP contribution is -2.29. The average Bonchev–Trinajstić information content (AvgIpc) is 3.24. The number of rotatable bonds is 8. The Labute approximate surface area is 198 Å². The van der Waals surface area contributed by atoms with Gasteiger partial charge in [-0.15, -0.1) is 0 Å². The number of hydrogen-bond acceptors (Lipinski definition) is 5. The Bertz CT molecular complexity index is 1340.